The molecule has 1 saturated carbocycles. The Hall–Kier alpha value is -3.46. The van der Waals surface area contributed by atoms with Crippen LogP contribution < -0.4 is 9.64 Å². The number of anilines is 1. The summed E-state index contributed by atoms with van der Waals surface area (Å²) in [5.41, 5.74) is 4.86. The highest BCUT2D eigenvalue weighted by Gasteiger charge is 2.32. The molecule has 1 aromatic heterocycles. The normalized spacial score (nSPS) is 17.1. The van der Waals surface area contributed by atoms with Crippen LogP contribution in [0.2, 0.25) is 0 Å². The molecular weight excluding hydrogens is 496 g/mol. The summed E-state index contributed by atoms with van der Waals surface area (Å²) in [6.07, 6.45) is 4.46. The first kappa shape index (κ1) is 27.1. The number of aliphatic carboxylic acids is 1. The molecule has 2 N–H and O–H groups in total. The van der Waals surface area contributed by atoms with Crippen molar-refractivity contribution in [3.8, 4) is 5.75 Å². The fourth-order valence-electron chi connectivity index (χ4n) is 5.31. The zero-order chi connectivity index (χ0) is 27.7. The van der Waals surface area contributed by atoms with Crippen molar-refractivity contribution in [2.45, 2.75) is 64.3 Å². The molecule has 2 fully saturated rings. The van der Waals surface area contributed by atoms with Crippen LogP contribution in [0.4, 0.5) is 5.69 Å². The number of carbonyl (C=O) groups is 2. The highest BCUT2D eigenvalue weighted by molar-refractivity contribution is 6.05. The van der Waals surface area contributed by atoms with Crippen molar-refractivity contribution in [3.63, 3.8) is 0 Å². The van der Waals surface area contributed by atoms with E-state index in [1.807, 2.05) is 17.0 Å². The Kier molecular flexibility index (Phi) is 7.62. The molecule has 2 aromatic rings. The van der Waals surface area contributed by atoms with Crippen LogP contribution in [0.3, 0.4) is 0 Å². The lowest BCUT2D eigenvalue weighted by Gasteiger charge is -2.29. The molecule has 208 valence electrons. The fourth-order valence-corrected chi connectivity index (χ4v) is 5.31. The molecule has 0 radical (unpaired) electrons. The van der Waals surface area contributed by atoms with Crippen LogP contribution in [0.15, 0.2) is 24.3 Å². The van der Waals surface area contributed by atoms with E-state index in [0.29, 0.717) is 29.6 Å². The number of hydrogen-bond donors (Lipinski definition) is 2. The molecule has 1 saturated heterocycles. The van der Waals surface area contributed by atoms with E-state index < -0.39 is 5.97 Å². The second-order valence-electron chi connectivity index (χ2n) is 11.8. The van der Waals surface area contributed by atoms with Crippen LogP contribution >= 0.6 is 0 Å². The van der Waals surface area contributed by atoms with Gasteiger partial charge in [-0.2, -0.15) is 0 Å². The molecule has 39 heavy (non-hydrogen) atoms. The van der Waals surface area contributed by atoms with Crippen LogP contribution in [-0.4, -0.2) is 72.0 Å². The third kappa shape index (κ3) is 6.08. The Morgan fingerprint density at radius 2 is 1.87 bits per heavy atom. The van der Waals surface area contributed by atoms with Crippen molar-refractivity contribution in [1.29, 1.82) is 5.41 Å². The summed E-state index contributed by atoms with van der Waals surface area (Å²) in [5.74, 6) is 0.496. The van der Waals surface area contributed by atoms with E-state index in [0.717, 1.165) is 67.0 Å². The third-order valence-electron chi connectivity index (χ3n) is 7.58. The Morgan fingerprint density at radius 1 is 1.13 bits per heavy atom. The first-order chi connectivity index (χ1) is 18.6. The molecule has 9 heteroatoms. The molecule has 0 bridgehead atoms. The minimum atomic E-state index is -1.01. The number of pyridine rings is 1. The standard InChI is InChI=1S/C30H38N4O5/c1-30(2,3)22-14-21(15-24(33-10-4-5-11-33)28(22)39-13-12-38-18-26(36)37)25(35)17-34-16-20-8-9-23(19-6-7-19)32-27(20)29(34)31/h8-9,14-15,19,31H,4-7,10-13,16-18H2,1-3H3,(H,36,37). The van der Waals surface area contributed by atoms with Gasteiger partial charge in [-0.1, -0.05) is 26.8 Å². The van der Waals surface area contributed by atoms with Gasteiger partial charge in [-0.15, -0.1) is 0 Å². The van der Waals surface area contributed by atoms with Crippen LogP contribution in [0.25, 0.3) is 0 Å². The number of carboxylic acid groups (broad SMARTS) is 1. The Bertz CT molecular complexity index is 1270. The molecular formula is C30H38N4O5. The zero-order valence-corrected chi connectivity index (χ0v) is 23.1. The summed E-state index contributed by atoms with van der Waals surface area (Å²) in [6.45, 7) is 8.67. The Labute approximate surface area is 229 Å². The average Bonchev–Trinajstić information content (AvgIpc) is 3.50. The van der Waals surface area contributed by atoms with Crippen LogP contribution in [0.5, 0.6) is 5.75 Å². The van der Waals surface area contributed by atoms with Crippen LogP contribution in [0.1, 0.15) is 85.2 Å². The predicted molar refractivity (Wildman–Crippen MR) is 148 cm³/mol. The summed E-state index contributed by atoms with van der Waals surface area (Å²) in [7, 11) is 0. The zero-order valence-electron chi connectivity index (χ0n) is 23.1. The van der Waals surface area contributed by atoms with Crippen molar-refractivity contribution in [2.24, 2.45) is 0 Å². The average molecular weight is 535 g/mol. The van der Waals surface area contributed by atoms with Crippen molar-refractivity contribution in [3.05, 3.63) is 52.3 Å². The number of nitrogens with one attached hydrogen (secondary N) is 1. The number of carbonyl (C=O) groups excluding carboxylic acids is 1. The van der Waals surface area contributed by atoms with Gasteiger partial charge < -0.3 is 24.4 Å². The van der Waals surface area contributed by atoms with Gasteiger partial charge >= 0.3 is 5.97 Å². The first-order valence-electron chi connectivity index (χ1n) is 13.8. The van der Waals surface area contributed by atoms with Gasteiger partial charge in [0.25, 0.3) is 0 Å². The number of ketones is 1. The van der Waals surface area contributed by atoms with Gasteiger partial charge in [-0.25, -0.2) is 9.78 Å². The van der Waals surface area contributed by atoms with E-state index in [1.165, 1.54) is 0 Å². The van der Waals surface area contributed by atoms with E-state index in [1.54, 1.807) is 0 Å². The van der Waals surface area contributed by atoms with Crippen LogP contribution in [0, 0.1) is 5.41 Å². The smallest absolute Gasteiger partial charge is 0.329 e. The summed E-state index contributed by atoms with van der Waals surface area (Å²) < 4.78 is 11.4. The second-order valence-corrected chi connectivity index (χ2v) is 11.8. The van der Waals surface area contributed by atoms with Crippen molar-refractivity contribution < 1.29 is 24.2 Å². The van der Waals surface area contributed by atoms with Crippen molar-refractivity contribution >= 4 is 23.3 Å². The number of amidine groups is 1. The summed E-state index contributed by atoms with van der Waals surface area (Å²) in [4.78, 5) is 33.3. The van der Waals surface area contributed by atoms with Gasteiger partial charge in [0.2, 0.25) is 0 Å². The van der Waals surface area contributed by atoms with E-state index in [2.05, 4.69) is 37.8 Å². The number of Topliss-reactive ketones (excluding diaryl/α,β-unsaturated/α-hetero) is 1. The second kappa shape index (κ2) is 11.0. The van der Waals surface area contributed by atoms with E-state index in [9.17, 15) is 9.59 Å². The van der Waals surface area contributed by atoms with Crippen molar-refractivity contribution in [1.82, 2.24) is 9.88 Å². The highest BCUT2D eigenvalue weighted by Crippen LogP contribution is 2.42. The highest BCUT2D eigenvalue weighted by atomic mass is 16.5. The molecule has 2 aliphatic heterocycles. The van der Waals surface area contributed by atoms with Crippen molar-refractivity contribution in [2.75, 3.05) is 44.4 Å². The molecule has 0 spiro atoms. The van der Waals surface area contributed by atoms with E-state index in [-0.39, 0.29) is 37.6 Å². The Morgan fingerprint density at radius 3 is 2.54 bits per heavy atom. The summed E-state index contributed by atoms with van der Waals surface area (Å²) in [5, 5.41) is 17.6. The predicted octanol–water partition coefficient (Wildman–Crippen LogP) is 4.36. The number of rotatable bonds is 11. The Balaban J connectivity index is 1.39. The number of nitrogens with zero attached hydrogens (tertiary/aromatic N) is 3. The molecule has 3 aliphatic rings. The lowest BCUT2D eigenvalue weighted by molar-refractivity contribution is -0.142. The lowest BCUT2D eigenvalue weighted by Crippen LogP contribution is -2.31. The monoisotopic (exact) mass is 534 g/mol. The molecule has 0 unspecified atom stereocenters. The topological polar surface area (TPSA) is 116 Å². The number of carboxylic acids is 1. The molecule has 3 heterocycles. The largest absolute Gasteiger partial charge is 0.489 e. The number of aromatic nitrogens is 1. The SMILES string of the molecule is CC(C)(C)c1cc(C(=O)CN2Cc3ccc(C4CC4)nc3C2=N)cc(N2CCCC2)c1OCCOCC(=O)O. The molecule has 1 aliphatic carbocycles. The van der Waals surface area contributed by atoms with Gasteiger partial charge in [-0.05, 0) is 49.3 Å². The van der Waals surface area contributed by atoms with Crippen LogP contribution in [-0.2, 0) is 21.5 Å². The molecule has 5 rings (SSSR count). The van der Waals surface area contributed by atoms with Gasteiger partial charge in [0.1, 0.15) is 30.5 Å². The maximum Gasteiger partial charge on any atom is 0.329 e. The van der Waals surface area contributed by atoms with E-state index in [4.69, 9.17) is 25.0 Å². The van der Waals surface area contributed by atoms with Gasteiger partial charge in [-0.3, -0.25) is 10.2 Å². The number of fused-ring (bicyclic) bond motifs is 1. The molecule has 9 nitrogen and oxygen atoms in total. The first-order valence-corrected chi connectivity index (χ1v) is 13.8. The van der Waals surface area contributed by atoms with Gasteiger partial charge in [0, 0.05) is 47.9 Å². The number of benzene rings is 1. The van der Waals surface area contributed by atoms with Gasteiger partial charge in [0.15, 0.2) is 5.78 Å². The maximum atomic E-state index is 13.7. The molecule has 0 amide bonds. The number of ether oxygens (including phenoxy) is 2. The van der Waals surface area contributed by atoms with E-state index >= 15 is 0 Å². The maximum absolute atomic E-state index is 13.7. The molecule has 1 aromatic carbocycles. The number of hydrogen-bond acceptors (Lipinski definition) is 7. The van der Waals surface area contributed by atoms with Gasteiger partial charge in [0.05, 0.1) is 18.8 Å². The fraction of sp³-hybridized carbons (Fsp3) is 0.533. The lowest BCUT2D eigenvalue weighted by atomic mass is 9.84. The third-order valence-corrected chi connectivity index (χ3v) is 7.58. The summed E-state index contributed by atoms with van der Waals surface area (Å²) >= 11 is 0. The minimum absolute atomic E-state index is 0.0442. The minimum Gasteiger partial charge on any atom is -0.489 e. The summed E-state index contributed by atoms with van der Waals surface area (Å²) in [6, 6.07) is 7.97. The molecule has 0 atom stereocenters. The quantitative estimate of drug-likeness (QED) is 0.323.